The van der Waals surface area contributed by atoms with Gasteiger partial charge in [-0.05, 0) is 16.8 Å². The number of aliphatic imine (C=N–C) groups is 1. The molecule has 0 fully saturated rings. The summed E-state index contributed by atoms with van der Waals surface area (Å²) in [4.78, 5) is 28.5. The molecule has 2 rings (SSSR count). The molecule has 1 heterocycles. The molecule has 1 aliphatic heterocycles. The van der Waals surface area contributed by atoms with Gasteiger partial charge in [-0.3, -0.25) is 4.79 Å². The summed E-state index contributed by atoms with van der Waals surface area (Å²) in [5.74, 6) is -0.343. The van der Waals surface area contributed by atoms with Crippen molar-refractivity contribution in [3.8, 4) is 0 Å². The van der Waals surface area contributed by atoms with Crippen LogP contribution in [0.1, 0.15) is 18.4 Å². The fraction of sp³-hybridized carbons (Fsp3) is 0.381. The maximum atomic E-state index is 13.2. The summed E-state index contributed by atoms with van der Waals surface area (Å²) < 4.78 is 6.52. The molecule has 0 radical (unpaired) electrons. The van der Waals surface area contributed by atoms with Gasteiger partial charge in [-0.15, -0.1) is 0 Å². The molecule has 0 saturated carbocycles. The number of carbonyl (C=O) groups is 2. The predicted molar refractivity (Wildman–Crippen MR) is 125 cm³/mol. The van der Waals surface area contributed by atoms with E-state index in [4.69, 9.17) is 4.74 Å². The van der Waals surface area contributed by atoms with E-state index in [9.17, 15) is 9.59 Å². The third kappa shape index (κ3) is 5.96. The van der Waals surface area contributed by atoms with E-state index in [-0.39, 0.29) is 17.8 Å². The van der Waals surface area contributed by atoms with Gasteiger partial charge in [0.1, 0.15) is 0 Å². The third-order valence-electron chi connectivity index (χ3n) is 4.30. The highest BCUT2D eigenvalue weighted by Gasteiger charge is 2.37. The number of benzene rings is 1. The molecular weight excluding hydrogens is 450 g/mol. The molecule has 0 N–H and O–H groups in total. The summed E-state index contributed by atoms with van der Waals surface area (Å²) in [7, 11) is -3.98. The van der Waals surface area contributed by atoms with Crippen LogP contribution in [0, 0.1) is 0 Å². The zero-order valence-corrected chi connectivity index (χ0v) is 21.0. The van der Waals surface area contributed by atoms with Crippen LogP contribution < -0.4 is 0 Å². The molecule has 0 unspecified atom stereocenters. The summed E-state index contributed by atoms with van der Waals surface area (Å²) in [6, 6.07) is 10.0. The van der Waals surface area contributed by atoms with Gasteiger partial charge >= 0.3 is 5.97 Å². The first-order chi connectivity index (χ1) is 12.9. The number of nitrogens with zero attached hydrogens (tertiary/aromatic N) is 1. The van der Waals surface area contributed by atoms with E-state index >= 15 is 0 Å². The van der Waals surface area contributed by atoms with Crippen molar-refractivity contribution in [2.75, 3.05) is 0 Å². The van der Waals surface area contributed by atoms with Crippen molar-refractivity contribution in [1.82, 2.24) is 0 Å². The average molecular weight is 479 g/mol. The number of halogens is 1. The first-order valence-electron chi connectivity index (χ1n) is 9.40. The van der Waals surface area contributed by atoms with Crippen LogP contribution in [0.3, 0.4) is 0 Å². The summed E-state index contributed by atoms with van der Waals surface area (Å²) in [6.07, 6.45) is 2.78. The van der Waals surface area contributed by atoms with Gasteiger partial charge in [0.25, 0.3) is 0 Å². The molecule has 1 aromatic carbocycles. The molecule has 0 aromatic heterocycles. The molecule has 4 nitrogen and oxygen atoms in total. The van der Waals surface area contributed by atoms with Crippen LogP contribution >= 0.6 is 15.9 Å². The molecule has 1 amide bonds. The molecule has 0 spiro atoms. The Hall–Kier alpha value is -1.58. The molecule has 28 heavy (non-hydrogen) atoms. The highest BCUT2D eigenvalue weighted by Crippen LogP contribution is 2.36. The van der Waals surface area contributed by atoms with Gasteiger partial charge in [-0.1, -0.05) is 85.5 Å². The Balaban J connectivity index is 2.59. The monoisotopic (exact) mass is 477 g/mol. The quantitative estimate of drug-likeness (QED) is 0.235. The van der Waals surface area contributed by atoms with Crippen LogP contribution in [0.5, 0.6) is 0 Å². The number of hydrogen-bond donors (Lipinski definition) is 0. The van der Waals surface area contributed by atoms with Gasteiger partial charge in [0.05, 0.1) is 16.1 Å². The molecule has 0 bridgehead atoms. The van der Waals surface area contributed by atoms with E-state index in [1.807, 2.05) is 30.3 Å². The van der Waals surface area contributed by atoms with Gasteiger partial charge < -0.3 is 4.74 Å². The standard InChI is InChI=1S/C21H28BrNO3Si2/c1-27(2,3)19(16(22)14-15-10-8-7-9-11-15)20(28(4,5)6)21(25)26-18-13-12-17(24)23-18/h7-11,14H,12-13H2,1-6H3/b16-14-,20-19+. The van der Waals surface area contributed by atoms with Gasteiger partial charge in [-0.25, -0.2) is 4.79 Å². The lowest BCUT2D eigenvalue weighted by Crippen LogP contribution is -2.38. The topological polar surface area (TPSA) is 55.7 Å². The maximum Gasteiger partial charge on any atom is 0.336 e. The smallest absolute Gasteiger partial charge is 0.336 e. The predicted octanol–water partition coefficient (Wildman–Crippen LogP) is 5.74. The summed E-state index contributed by atoms with van der Waals surface area (Å²) in [6.45, 7) is 13.1. The summed E-state index contributed by atoms with van der Waals surface area (Å²) in [5, 5.41) is 1.85. The molecular formula is C21H28BrNO3Si2. The lowest BCUT2D eigenvalue weighted by Gasteiger charge is -2.30. The molecule has 1 aromatic rings. The van der Waals surface area contributed by atoms with E-state index in [2.05, 4.69) is 66.3 Å². The Labute approximate surface area is 177 Å². The van der Waals surface area contributed by atoms with E-state index < -0.39 is 16.1 Å². The number of rotatable bonds is 5. The zero-order chi connectivity index (χ0) is 21.1. The number of ether oxygens (including phenoxy) is 1. The largest absolute Gasteiger partial charge is 0.408 e. The second-order valence-electron chi connectivity index (χ2n) is 8.94. The first kappa shape index (κ1) is 22.7. The van der Waals surface area contributed by atoms with Gasteiger partial charge in [0, 0.05) is 22.5 Å². The Bertz CT molecular complexity index is 860. The van der Waals surface area contributed by atoms with Crippen LogP contribution in [0.4, 0.5) is 0 Å². The highest BCUT2D eigenvalue weighted by atomic mass is 79.9. The van der Waals surface area contributed by atoms with Crippen molar-refractivity contribution in [2.24, 2.45) is 4.99 Å². The minimum Gasteiger partial charge on any atom is -0.408 e. The molecule has 0 aliphatic carbocycles. The molecule has 1 aliphatic rings. The van der Waals surface area contributed by atoms with Crippen LogP contribution in [0.25, 0.3) is 6.08 Å². The average Bonchev–Trinajstić information content (AvgIpc) is 2.95. The van der Waals surface area contributed by atoms with Crippen molar-refractivity contribution in [3.05, 3.63) is 50.8 Å². The van der Waals surface area contributed by atoms with Crippen LogP contribution in [-0.2, 0) is 14.3 Å². The van der Waals surface area contributed by atoms with Crippen molar-refractivity contribution in [3.63, 3.8) is 0 Å². The maximum absolute atomic E-state index is 13.2. The van der Waals surface area contributed by atoms with Crippen LogP contribution in [0.15, 0.2) is 50.2 Å². The van der Waals surface area contributed by atoms with Crippen molar-refractivity contribution in [1.29, 1.82) is 0 Å². The Kier molecular flexibility index (Phi) is 7.17. The lowest BCUT2D eigenvalue weighted by molar-refractivity contribution is -0.130. The first-order valence-corrected chi connectivity index (χ1v) is 17.2. The van der Waals surface area contributed by atoms with E-state index in [0.717, 1.165) is 20.4 Å². The number of esters is 1. The number of amides is 1. The number of carbonyl (C=O) groups excluding carboxylic acids is 2. The van der Waals surface area contributed by atoms with E-state index in [1.54, 1.807) is 0 Å². The van der Waals surface area contributed by atoms with Crippen molar-refractivity contribution < 1.29 is 14.3 Å². The fourth-order valence-corrected chi connectivity index (χ4v) is 11.0. The van der Waals surface area contributed by atoms with Gasteiger partial charge in [0.15, 0.2) is 0 Å². The molecule has 150 valence electrons. The lowest BCUT2D eigenvalue weighted by atomic mass is 10.2. The number of hydrogen-bond acceptors (Lipinski definition) is 3. The normalized spacial score (nSPS) is 16.6. The van der Waals surface area contributed by atoms with Crippen LogP contribution in [-0.4, -0.2) is 33.9 Å². The van der Waals surface area contributed by atoms with Gasteiger partial charge in [0.2, 0.25) is 11.8 Å². The van der Waals surface area contributed by atoms with Crippen molar-refractivity contribution in [2.45, 2.75) is 52.1 Å². The SMILES string of the molecule is C[Si](C)(C)/C(C(=O)OC1=NC(=O)CC1)=C(\C(Br)=C\c1ccccc1)[Si](C)(C)C. The Morgan fingerprint density at radius 2 is 1.57 bits per heavy atom. The summed E-state index contributed by atoms with van der Waals surface area (Å²) in [5.41, 5.74) is 1.07. The second-order valence-corrected chi connectivity index (χ2v) is 19.8. The second kappa shape index (κ2) is 8.84. The molecule has 0 saturated heterocycles. The molecule has 0 atom stereocenters. The minimum atomic E-state index is -2.06. The zero-order valence-electron chi connectivity index (χ0n) is 17.4. The summed E-state index contributed by atoms with van der Waals surface area (Å²) >= 11 is 3.77. The van der Waals surface area contributed by atoms with Gasteiger partial charge in [-0.2, -0.15) is 4.99 Å². The van der Waals surface area contributed by atoms with Crippen LogP contribution in [0.2, 0.25) is 39.3 Å². The molecule has 7 heteroatoms. The van der Waals surface area contributed by atoms with E-state index in [0.29, 0.717) is 12.8 Å². The highest BCUT2D eigenvalue weighted by molar-refractivity contribution is 9.12. The fourth-order valence-electron chi connectivity index (χ4n) is 3.10. The van der Waals surface area contributed by atoms with Crippen molar-refractivity contribution >= 4 is 55.9 Å². The number of allylic oxidation sites excluding steroid dienone is 2. The third-order valence-corrected chi connectivity index (χ3v) is 9.51. The Morgan fingerprint density at radius 3 is 2.04 bits per heavy atom. The Morgan fingerprint density at radius 1 is 1.00 bits per heavy atom. The van der Waals surface area contributed by atoms with E-state index in [1.165, 1.54) is 0 Å². The minimum absolute atomic E-state index is 0.225.